The molecule has 1 heterocycles. The summed E-state index contributed by atoms with van der Waals surface area (Å²) >= 11 is 0. The van der Waals surface area contributed by atoms with Crippen molar-refractivity contribution in [2.75, 3.05) is 66.5 Å². The Balaban J connectivity index is 1.47. The Labute approximate surface area is 240 Å². The van der Waals surface area contributed by atoms with E-state index >= 15 is 0 Å². The van der Waals surface area contributed by atoms with Gasteiger partial charge in [-0.3, -0.25) is 9.69 Å². The first-order valence-corrected chi connectivity index (χ1v) is 15.9. The van der Waals surface area contributed by atoms with Crippen molar-refractivity contribution in [3.63, 3.8) is 0 Å². The number of hydrogen-bond acceptors (Lipinski definition) is 4. The fraction of sp³-hybridized carbons (Fsp3) is 0.758. The minimum absolute atomic E-state index is 0.131. The normalized spacial score (nSPS) is 14.5. The zero-order chi connectivity index (χ0) is 28.3. The van der Waals surface area contributed by atoms with Crippen LogP contribution in [0.15, 0.2) is 24.3 Å². The third kappa shape index (κ3) is 14.3. The smallest absolute Gasteiger partial charge is 0.319 e. The number of hydrogen-bond donors (Lipinski definition) is 0. The van der Waals surface area contributed by atoms with Crippen LogP contribution in [0.5, 0.6) is 0 Å². The van der Waals surface area contributed by atoms with Gasteiger partial charge in [0, 0.05) is 78.4 Å². The average Bonchev–Trinajstić information content (AvgIpc) is 2.95. The molecule has 6 heteroatoms. The van der Waals surface area contributed by atoms with Gasteiger partial charge < -0.3 is 14.7 Å². The number of urea groups is 1. The third-order valence-electron chi connectivity index (χ3n) is 8.25. The Morgan fingerprint density at radius 2 is 1.13 bits per heavy atom. The molecule has 1 aromatic carbocycles. The van der Waals surface area contributed by atoms with Crippen LogP contribution in [0.2, 0.25) is 0 Å². The van der Waals surface area contributed by atoms with Crippen LogP contribution >= 0.6 is 0 Å². The standard InChI is InChI=1S/C33H58N4O2/c1-5-6-7-8-9-10-11-12-13-14-15-16-22-34(3)33(39)35(4)24-25-37-28-26-36(27-29-37)23-21-32(38)31-19-17-30(2)18-20-31/h17-20H,5-16,21-29H2,1-4H3. The van der Waals surface area contributed by atoms with Gasteiger partial charge in [-0.25, -0.2) is 4.79 Å². The molecule has 1 aliphatic heterocycles. The zero-order valence-electron chi connectivity index (χ0n) is 25.8. The largest absolute Gasteiger partial charge is 0.328 e. The predicted octanol–water partition coefficient (Wildman–Crippen LogP) is 6.87. The van der Waals surface area contributed by atoms with E-state index in [1.807, 2.05) is 55.1 Å². The molecule has 0 aromatic heterocycles. The highest BCUT2D eigenvalue weighted by atomic mass is 16.2. The van der Waals surface area contributed by atoms with Crippen molar-refractivity contribution < 1.29 is 9.59 Å². The van der Waals surface area contributed by atoms with Crippen LogP contribution in [0.4, 0.5) is 4.79 Å². The fourth-order valence-corrected chi connectivity index (χ4v) is 5.34. The van der Waals surface area contributed by atoms with Crippen molar-refractivity contribution in [1.29, 1.82) is 0 Å². The predicted molar refractivity (Wildman–Crippen MR) is 165 cm³/mol. The maximum atomic E-state index is 12.8. The Kier molecular flexibility index (Phi) is 17.1. The summed E-state index contributed by atoms with van der Waals surface area (Å²) in [6, 6.07) is 8.01. The first-order valence-electron chi connectivity index (χ1n) is 15.9. The Morgan fingerprint density at radius 3 is 1.67 bits per heavy atom. The van der Waals surface area contributed by atoms with E-state index in [-0.39, 0.29) is 11.8 Å². The number of Topliss-reactive ketones (excluding diaryl/α,β-unsaturated/α-hetero) is 1. The number of benzene rings is 1. The number of nitrogens with zero attached hydrogens (tertiary/aromatic N) is 4. The van der Waals surface area contributed by atoms with Gasteiger partial charge in [-0.1, -0.05) is 107 Å². The molecule has 1 fully saturated rings. The molecule has 1 saturated heterocycles. The number of unbranched alkanes of at least 4 members (excludes halogenated alkanes) is 11. The maximum absolute atomic E-state index is 12.8. The van der Waals surface area contributed by atoms with E-state index in [2.05, 4.69) is 16.7 Å². The molecular weight excluding hydrogens is 484 g/mol. The van der Waals surface area contributed by atoms with Gasteiger partial charge in [0.1, 0.15) is 0 Å². The van der Waals surface area contributed by atoms with E-state index in [0.29, 0.717) is 6.42 Å². The van der Waals surface area contributed by atoms with Crippen LogP contribution in [0, 0.1) is 6.92 Å². The second-order valence-corrected chi connectivity index (χ2v) is 11.7. The number of aryl methyl sites for hydroxylation is 1. The summed E-state index contributed by atoms with van der Waals surface area (Å²) in [5.41, 5.74) is 2.00. The van der Waals surface area contributed by atoms with E-state index < -0.39 is 0 Å². The molecule has 6 nitrogen and oxygen atoms in total. The lowest BCUT2D eigenvalue weighted by Crippen LogP contribution is -2.49. The van der Waals surface area contributed by atoms with Gasteiger partial charge in [0.25, 0.3) is 0 Å². The van der Waals surface area contributed by atoms with Crippen LogP contribution in [0.25, 0.3) is 0 Å². The molecule has 0 bridgehead atoms. The highest BCUT2D eigenvalue weighted by molar-refractivity contribution is 5.96. The second kappa shape index (κ2) is 20.0. The molecule has 222 valence electrons. The second-order valence-electron chi connectivity index (χ2n) is 11.7. The minimum atomic E-state index is 0.131. The summed E-state index contributed by atoms with van der Waals surface area (Å²) in [4.78, 5) is 33.8. The van der Waals surface area contributed by atoms with Crippen molar-refractivity contribution in [3.05, 3.63) is 35.4 Å². The number of carbonyl (C=O) groups is 2. The molecule has 1 aliphatic rings. The van der Waals surface area contributed by atoms with E-state index in [4.69, 9.17) is 0 Å². The molecule has 0 atom stereocenters. The lowest BCUT2D eigenvalue weighted by Gasteiger charge is -2.35. The molecule has 0 radical (unpaired) electrons. The van der Waals surface area contributed by atoms with Crippen LogP contribution in [0.1, 0.15) is 106 Å². The van der Waals surface area contributed by atoms with E-state index in [9.17, 15) is 9.59 Å². The molecule has 0 N–H and O–H groups in total. The lowest BCUT2D eigenvalue weighted by molar-refractivity contribution is 0.0920. The first kappa shape index (κ1) is 33.3. The van der Waals surface area contributed by atoms with Crippen LogP contribution in [0.3, 0.4) is 0 Å². The molecule has 0 aliphatic carbocycles. The SMILES string of the molecule is CCCCCCCCCCCCCCN(C)C(=O)N(C)CCN1CCN(CCC(=O)c2ccc(C)cc2)CC1. The number of carbonyl (C=O) groups excluding carboxylic acids is 2. The van der Waals surface area contributed by atoms with Crippen LogP contribution < -0.4 is 0 Å². The van der Waals surface area contributed by atoms with E-state index in [0.717, 1.165) is 64.3 Å². The quantitative estimate of drug-likeness (QED) is 0.133. The van der Waals surface area contributed by atoms with Crippen molar-refractivity contribution in [2.24, 2.45) is 0 Å². The summed E-state index contributed by atoms with van der Waals surface area (Å²) in [6.07, 6.45) is 16.6. The molecule has 39 heavy (non-hydrogen) atoms. The van der Waals surface area contributed by atoms with Gasteiger partial charge in [-0.05, 0) is 13.3 Å². The lowest BCUT2D eigenvalue weighted by atomic mass is 10.1. The number of amides is 2. The van der Waals surface area contributed by atoms with Crippen LogP contribution in [-0.2, 0) is 0 Å². The fourth-order valence-electron chi connectivity index (χ4n) is 5.34. The molecular formula is C33H58N4O2. The van der Waals surface area contributed by atoms with Crippen molar-refractivity contribution in [2.45, 2.75) is 97.3 Å². The van der Waals surface area contributed by atoms with Crippen LogP contribution in [-0.4, -0.2) is 97.9 Å². The van der Waals surface area contributed by atoms with Gasteiger partial charge in [0.2, 0.25) is 0 Å². The molecule has 2 amide bonds. The summed E-state index contributed by atoms with van der Waals surface area (Å²) in [7, 11) is 3.86. The Morgan fingerprint density at radius 1 is 0.667 bits per heavy atom. The van der Waals surface area contributed by atoms with Gasteiger partial charge in [-0.2, -0.15) is 0 Å². The summed E-state index contributed by atoms with van der Waals surface area (Å²) in [5, 5.41) is 0. The summed E-state index contributed by atoms with van der Waals surface area (Å²) < 4.78 is 0. The monoisotopic (exact) mass is 542 g/mol. The van der Waals surface area contributed by atoms with Gasteiger partial charge >= 0.3 is 6.03 Å². The summed E-state index contributed by atoms with van der Waals surface area (Å²) in [6.45, 7) is 11.6. The van der Waals surface area contributed by atoms with Crippen molar-refractivity contribution >= 4 is 11.8 Å². The number of piperazine rings is 1. The number of rotatable bonds is 20. The van der Waals surface area contributed by atoms with Crippen molar-refractivity contribution in [3.8, 4) is 0 Å². The molecule has 0 unspecified atom stereocenters. The molecule has 2 rings (SSSR count). The number of ketones is 1. The first-order chi connectivity index (χ1) is 18.9. The third-order valence-corrected chi connectivity index (χ3v) is 8.25. The van der Waals surface area contributed by atoms with E-state index in [1.54, 1.807) is 0 Å². The summed E-state index contributed by atoms with van der Waals surface area (Å²) in [5.74, 6) is 0.227. The molecule has 0 spiro atoms. The average molecular weight is 543 g/mol. The molecule has 1 aromatic rings. The van der Waals surface area contributed by atoms with Gasteiger partial charge in [0.15, 0.2) is 5.78 Å². The topological polar surface area (TPSA) is 47.1 Å². The van der Waals surface area contributed by atoms with Crippen molar-refractivity contribution in [1.82, 2.24) is 19.6 Å². The highest BCUT2D eigenvalue weighted by Crippen LogP contribution is 2.13. The minimum Gasteiger partial charge on any atom is -0.328 e. The van der Waals surface area contributed by atoms with Gasteiger partial charge in [-0.15, -0.1) is 0 Å². The van der Waals surface area contributed by atoms with E-state index in [1.165, 1.54) is 76.2 Å². The maximum Gasteiger partial charge on any atom is 0.319 e. The van der Waals surface area contributed by atoms with Gasteiger partial charge in [0.05, 0.1) is 0 Å². The Bertz CT molecular complexity index is 789. The molecule has 0 saturated carbocycles. The Hall–Kier alpha value is -1.92. The number of likely N-dealkylation sites (N-methyl/N-ethyl adjacent to an activating group) is 1. The highest BCUT2D eigenvalue weighted by Gasteiger charge is 2.20. The zero-order valence-corrected chi connectivity index (χ0v) is 25.8.